The van der Waals surface area contributed by atoms with E-state index in [2.05, 4.69) is 0 Å². The second kappa shape index (κ2) is 5.17. The van der Waals surface area contributed by atoms with Crippen LogP contribution in [0, 0.1) is 5.82 Å². The normalized spacial score (nSPS) is 12.7. The first-order valence-electron chi connectivity index (χ1n) is 4.78. The molecule has 0 fully saturated rings. The summed E-state index contributed by atoms with van der Waals surface area (Å²) in [6.07, 6.45) is 0.622. The van der Waals surface area contributed by atoms with E-state index in [1.807, 2.05) is 17.5 Å². The molecule has 4 heteroatoms. The lowest BCUT2D eigenvalue weighted by atomic mass is 10.1. The van der Waals surface area contributed by atoms with Crippen molar-refractivity contribution in [3.05, 3.63) is 57.0 Å². The van der Waals surface area contributed by atoms with Crippen molar-refractivity contribution in [2.45, 2.75) is 11.8 Å². The maximum Gasteiger partial charge on any atom is 0.128 e. The van der Waals surface area contributed by atoms with E-state index in [1.165, 1.54) is 12.1 Å². The minimum Gasteiger partial charge on any atom is -0.207 e. The number of rotatable bonds is 3. The molecule has 0 saturated carbocycles. The van der Waals surface area contributed by atoms with Crippen LogP contribution in [0.3, 0.4) is 0 Å². The van der Waals surface area contributed by atoms with E-state index in [0.29, 0.717) is 17.0 Å². The van der Waals surface area contributed by atoms with E-state index in [9.17, 15) is 4.39 Å². The van der Waals surface area contributed by atoms with Crippen molar-refractivity contribution in [3.63, 3.8) is 0 Å². The Morgan fingerprint density at radius 2 is 2.12 bits per heavy atom. The molecule has 0 aliphatic heterocycles. The molecule has 1 aromatic carbocycles. The molecule has 2 rings (SSSR count). The molecule has 1 aromatic heterocycles. The summed E-state index contributed by atoms with van der Waals surface area (Å²) >= 11 is 13.6. The molecule has 0 bridgehead atoms. The SMILES string of the molecule is Fc1ccc(Cl)cc1C(Cl)Cc1cccs1. The Kier molecular flexibility index (Phi) is 3.85. The number of hydrogen-bond acceptors (Lipinski definition) is 1. The average Bonchev–Trinajstić information content (AvgIpc) is 2.74. The highest BCUT2D eigenvalue weighted by Crippen LogP contribution is 2.30. The first kappa shape index (κ1) is 11.9. The van der Waals surface area contributed by atoms with Gasteiger partial charge in [0.15, 0.2) is 0 Å². The van der Waals surface area contributed by atoms with Gasteiger partial charge in [-0.2, -0.15) is 0 Å². The number of alkyl halides is 1. The third-order valence-electron chi connectivity index (χ3n) is 2.26. The Hall–Kier alpha value is -0.570. The lowest BCUT2D eigenvalue weighted by Crippen LogP contribution is -1.97. The van der Waals surface area contributed by atoms with Gasteiger partial charge in [-0.15, -0.1) is 22.9 Å². The monoisotopic (exact) mass is 274 g/mol. The van der Waals surface area contributed by atoms with Crippen LogP contribution in [0.2, 0.25) is 5.02 Å². The molecule has 0 saturated heterocycles. The Balaban J connectivity index is 2.20. The first-order chi connectivity index (χ1) is 7.66. The number of halogens is 3. The summed E-state index contributed by atoms with van der Waals surface area (Å²) in [7, 11) is 0. The van der Waals surface area contributed by atoms with E-state index in [1.54, 1.807) is 17.4 Å². The van der Waals surface area contributed by atoms with Crippen LogP contribution in [-0.2, 0) is 6.42 Å². The molecule has 0 amide bonds. The van der Waals surface area contributed by atoms with E-state index >= 15 is 0 Å². The molecule has 0 aliphatic rings. The lowest BCUT2D eigenvalue weighted by molar-refractivity contribution is 0.606. The molecule has 0 N–H and O–H groups in total. The quantitative estimate of drug-likeness (QED) is 0.686. The van der Waals surface area contributed by atoms with E-state index < -0.39 is 0 Å². The molecule has 0 nitrogen and oxygen atoms in total. The van der Waals surface area contributed by atoms with Gasteiger partial charge in [-0.25, -0.2) is 4.39 Å². The Morgan fingerprint density at radius 3 is 2.81 bits per heavy atom. The summed E-state index contributed by atoms with van der Waals surface area (Å²) in [4.78, 5) is 1.14. The molecule has 16 heavy (non-hydrogen) atoms. The molecular weight excluding hydrogens is 266 g/mol. The maximum absolute atomic E-state index is 13.5. The second-order valence-corrected chi connectivity index (χ2v) is 5.41. The van der Waals surface area contributed by atoms with Crippen molar-refractivity contribution in [1.82, 2.24) is 0 Å². The van der Waals surface area contributed by atoms with Gasteiger partial charge in [-0.3, -0.25) is 0 Å². The van der Waals surface area contributed by atoms with Crippen LogP contribution in [0.4, 0.5) is 4.39 Å². The van der Waals surface area contributed by atoms with Gasteiger partial charge in [0.2, 0.25) is 0 Å². The van der Waals surface area contributed by atoms with Gasteiger partial charge in [-0.05, 0) is 29.6 Å². The third kappa shape index (κ3) is 2.76. The van der Waals surface area contributed by atoms with Crippen molar-refractivity contribution in [1.29, 1.82) is 0 Å². The van der Waals surface area contributed by atoms with Crippen LogP contribution >= 0.6 is 34.5 Å². The molecule has 1 atom stereocenters. The van der Waals surface area contributed by atoms with Gasteiger partial charge in [0.05, 0.1) is 5.38 Å². The highest BCUT2D eigenvalue weighted by atomic mass is 35.5. The van der Waals surface area contributed by atoms with Crippen LogP contribution in [0.1, 0.15) is 15.8 Å². The highest BCUT2D eigenvalue weighted by molar-refractivity contribution is 7.09. The Labute approximate surface area is 108 Å². The van der Waals surface area contributed by atoms with Crippen LogP contribution in [0.5, 0.6) is 0 Å². The molecule has 1 heterocycles. The molecule has 84 valence electrons. The van der Waals surface area contributed by atoms with Crippen LogP contribution < -0.4 is 0 Å². The summed E-state index contributed by atoms with van der Waals surface area (Å²) in [5, 5.41) is 2.11. The van der Waals surface area contributed by atoms with Gasteiger partial charge >= 0.3 is 0 Å². The van der Waals surface area contributed by atoms with Gasteiger partial charge in [0.1, 0.15) is 5.82 Å². The smallest absolute Gasteiger partial charge is 0.128 e. The Bertz CT molecular complexity index is 468. The maximum atomic E-state index is 13.5. The van der Waals surface area contributed by atoms with Gasteiger partial charge < -0.3 is 0 Å². The van der Waals surface area contributed by atoms with Crippen molar-refractivity contribution in [2.75, 3.05) is 0 Å². The summed E-state index contributed by atoms with van der Waals surface area (Å²) in [6.45, 7) is 0. The molecular formula is C12H9Cl2FS. The van der Waals surface area contributed by atoms with E-state index in [-0.39, 0.29) is 11.2 Å². The number of benzene rings is 1. The van der Waals surface area contributed by atoms with E-state index in [0.717, 1.165) is 4.88 Å². The van der Waals surface area contributed by atoms with Crippen molar-refractivity contribution in [3.8, 4) is 0 Å². The fourth-order valence-corrected chi connectivity index (χ4v) is 2.83. The fourth-order valence-electron chi connectivity index (χ4n) is 1.47. The highest BCUT2D eigenvalue weighted by Gasteiger charge is 2.14. The second-order valence-electron chi connectivity index (χ2n) is 3.42. The summed E-state index contributed by atoms with van der Waals surface area (Å²) in [5.41, 5.74) is 0.461. The zero-order valence-electron chi connectivity index (χ0n) is 8.29. The fraction of sp³-hybridized carbons (Fsp3) is 0.167. The minimum absolute atomic E-state index is 0.305. The molecule has 0 aliphatic carbocycles. The summed E-state index contributed by atoms with van der Waals surface area (Å²) in [5.74, 6) is -0.305. The zero-order chi connectivity index (χ0) is 11.5. The van der Waals surface area contributed by atoms with Crippen molar-refractivity contribution in [2.24, 2.45) is 0 Å². The lowest BCUT2D eigenvalue weighted by Gasteiger charge is -2.10. The Morgan fingerprint density at radius 1 is 1.31 bits per heavy atom. The number of thiophene rings is 1. The molecule has 1 unspecified atom stereocenters. The third-order valence-corrected chi connectivity index (χ3v) is 3.78. The van der Waals surface area contributed by atoms with Gasteiger partial charge in [0, 0.05) is 21.9 Å². The van der Waals surface area contributed by atoms with Gasteiger partial charge in [-0.1, -0.05) is 17.7 Å². The van der Waals surface area contributed by atoms with E-state index in [4.69, 9.17) is 23.2 Å². The van der Waals surface area contributed by atoms with Crippen LogP contribution in [-0.4, -0.2) is 0 Å². The zero-order valence-corrected chi connectivity index (χ0v) is 10.6. The standard InChI is InChI=1S/C12H9Cl2FS/c13-8-3-4-12(15)10(6-8)11(14)7-9-2-1-5-16-9/h1-6,11H,7H2. The van der Waals surface area contributed by atoms with Crippen molar-refractivity contribution >= 4 is 34.5 Å². The van der Waals surface area contributed by atoms with Gasteiger partial charge in [0.25, 0.3) is 0 Å². The predicted octanol–water partition coefficient (Wildman–Crippen LogP) is 5.06. The minimum atomic E-state index is -0.377. The number of hydrogen-bond donors (Lipinski definition) is 0. The topological polar surface area (TPSA) is 0 Å². The van der Waals surface area contributed by atoms with Crippen LogP contribution in [0.15, 0.2) is 35.7 Å². The molecule has 0 radical (unpaired) electrons. The largest absolute Gasteiger partial charge is 0.207 e. The molecule has 0 spiro atoms. The van der Waals surface area contributed by atoms with Crippen LogP contribution in [0.25, 0.3) is 0 Å². The molecule has 2 aromatic rings. The summed E-state index contributed by atoms with van der Waals surface area (Å²) < 4.78 is 13.5. The first-order valence-corrected chi connectivity index (χ1v) is 6.47. The average molecular weight is 275 g/mol. The summed E-state index contributed by atoms with van der Waals surface area (Å²) in [6, 6.07) is 8.40. The van der Waals surface area contributed by atoms with Crippen molar-refractivity contribution < 1.29 is 4.39 Å². The predicted molar refractivity (Wildman–Crippen MR) is 68.0 cm³/mol.